The van der Waals surface area contributed by atoms with Gasteiger partial charge in [0.2, 0.25) is 0 Å². The Labute approximate surface area is 141 Å². The summed E-state index contributed by atoms with van der Waals surface area (Å²) in [4.78, 5) is 4.21. The van der Waals surface area contributed by atoms with Crippen LogP contribution in [0, 0.1) is 13.8 Å². The van der Waals surface area contributed by atoms with Crippen LogP contribution in [0.15, 0.2) is 53.6 Å². The molecule has 6 heteroatoms. The fourth-order valence-corrected chi connectivity index (χ4v) is 3.60. The lowest BCUT2D eigenvalue weighted by Crippen LogP contribution is -2.12. The molecule has 5 nitrogen and oxygen atoms in total. The molecule has 0 saturated carbocycles. The number of aryl methyl sites for hydroxylation is 2. The molecule has 0 amide bonds. The molecule has 1 aromatic heterocycles. The third-order valence-corrected chi connectivity index (χ3v) is 5.10. The predicted molar refractivity (Wildman–Crippen MR) is 92.0 cm³/mol. The number of aromatic nitrogens is 1. The van der Waals surface area contributed by atoms with Gasteiger partial charge in [-0.3, -0.25) is 4.98 Å². The van der Waals surface area contributed by atoms with Crippen molar-refractivity contribution < 1.29 is 17.3 Å². The molecule has 2 aromatic carbocycles. The number of benzene rings is 2. The van der Waals surface area contributed by atoms with Crippen LogP contribution in [-0.2, 0) is 10.1 Å². The largest absolute Gasteiger partial charge is 0.495 e. The number of pyridine rings is 1. The Morgan fingerprint density at radius 2 is 1.67 bits per heavy atom. The topological polar surface area (TPSA) is 65.5 Å². The molecule has 0 fully saturated rings. The third kappa shape index (κ3) is 2.92. The van der Waals surface area contributed by atoms with Crippen molar-refractivity contribution in [2.75, 3.05) is 7.11 Å². The molecule has 24 heavy (non-hydrogen) atoms. The second kappa shape index (κ2) is 6.13. The molecule has 0 saturated heterocycles. The minimum Gasteiger partial charge on any atom is -0.495 e. The Hall–Kier alpha value is -2.60. The lowest BCUT2D eigenvalue weighted by atomic mass is 10.1. The van der Waals surface area contributed by atoms with Gasteiger partial charge in [-0.25, -0.2) is 0 Å². The van der Waals surface area contributed by atoms with Crippen molar-refractivity contribution in [3.05, 3.63) is 59.8 Å². The van der Waals surface area contributed by atoms with E-state index < -0.39 is 10.1 Å². The maximum atomic E-state index is 12.8. The van der Waals surface area contributed by atoms with Crippen LogP contribution >= 0.6 is 0 Å². The first-order chi connectivity index (χ1) is 11.4. The normalized spacial score (nSPS) is 11.5. The first-order valence-electron chi connectivity index (χ1n) is 7.36. The fourth-order valence-electron chi connectivity index (χ4n) is 2.42. The van der Waals surface area contributed by atoms with Crippen molar-refractivity contribution in [2.45, 2.75) is 18.7 Å². The monoisotopic (exact) mass is 343 g/mol. The van der Waals surface area contributed by atoms with Crippen LogP contribution in [0.2, 0.25) is 0 Å². The quantitative estimate of drug-likeness (QED) is 0.677. The smallest absolute Gasteiger partial charge is 0.343 e. The molecule has 1 heterocycles. The number of ether oxygens (including phenoxy) is 1. The van der Waals surface area contributed by atoms with E-state index in [0.717, 1.165) is 16.5 Å². The molecule has 0 atom stereocenters. The maximum Gasteiger partial charge on any atom is 0.343 e. The summed E-state index contributed by atoms with van der Waals surface area (Å²) < 4.78 is 36.1. The van der Waals surface area contributed by atoms with Gasteiger partial charge in [-0.05, 0) is 49.2 Å². The minimum atomic E-state index is -4.05. The first-order valence-corrected chi connectivity index (χ1v) is 8.76. The van der Waals surface area contributed by atoms with Gasteiger partial charge in [0.1, 0.15) is 16.2 Å². The zero-order valence-electron chi connectivity index (χ0n) is 13.6. The average molecular weight is 343 g/mol. The van der Waals surface area contributed by atoms with Crippen molar-refractivity contribution in [2.24, 2.45) is 0 Å². The van der Waals surface area contributed by atoms with Gasteiger partial charge in [0.05, 0.1) is 7.11 Å². The Balaban J connectivity index is 2.11. The summed E-state index contributed by atoms with van der Waals surface area (Å²) in [5.41, 5.74) is 2.28. The molecule has 124 valence electrons. The summed E-state index contributed by atoms with van der Waals surface area (Å²) in [5.74, 6) is 0.444. The molecule has 3 aromatic rings. The SMILES string of the molecule is COc1cc(C)c(C)cc1S(=O)(=O)Oc1cccc2cccnc12. The molecule has 0 bridgehead atoms. The maximum absolute atomic E-state index is 12.8. The van der Waals surface area contributed by atoms with E-state index in [9.17, 15) is 8.42 Å². The summed E-state index contributed by atoms with van der Waals surface area (Å²) in [6.07, 6.45) is 1.60. The molecule has 0 aliphatic rings. The van der Waals surface area contributed by atoms with E-state index in [0.29, 0.717) is 5.52 Å². The Morgan fingerprint density at radius 3 is 2.42 bits per heavy atom. The van der Waals surface area contributed by atoms with Gasteiger partial charge >= 0.3 is 10.1 Å². The summed E-state index contributed by atoms with van der Waals surface area (Å²) in [6.45, 7) is 3.73. The van der Waals surface area contributed by atoms with Gasteiger partial charge < -0.3 is 8.92 Å². The second-order valence-electron chi connectivity index (χ2n) is 5.46. The van der Waals surface area contributed by atoms with E-state index in [1.54, 1.807) is 36.5 Å². The van der Waals surface area contributed by atoms with Crippen molar-refractivity contribution >= 4 is 21.0 Å². The standard InChI is InChI=1S/C18H17NO4S/c1-12-10-16(22-3)17(11-13(12)2)24(20,21)23-15-8-4-6-14-7-5-9-19-18(14)15/h4-11H,1-3H3. The lowest BCUT2D eigenvalue weighted by Gasteiger charge is -2.13. The highest BCUT2D eigenvalue weighted by Gasteiger charge is 2.24. The van der Waals surface area contributed by atoms with Crippen LogP contribution in [0.4, 0.5) is 0 Å². The van der Waals surface area contributed by atoms with Crippen LogP contribution < -0.4 is 8.92 Å². The van der Waals surface area contributed by atoms with Crippen molar-refractivity contribution in [1.29, 1.82) is 0 Å². The van der Waals surface area contributed by atoms with Crippen molar-refractivity contribution in [3.63, 3.8) is 0 Å². The molecular weight excluding hydrogens is 326 g/mol. The van der Waals surface area contributed by atoms with E-state index in [1.807, 2.05) is 26.0 Å². The Kier molecular flexibility index (Phi) is 4.15. The predicted octanol–water partition coefficient (Wildman–Crippen LogP) is 3.63. The van der Waals surface area contributed by atoms with Crippen molar-refractivity contribution in [3.8, 4) is 11.5 Å². The summed E-state index contributed by atoms with van der Waals surface area (Å²) in [5, 5.41) is 0.803. The molecule has 0 spiro atoms. The van der Waals surface area contributed by atoms with Gasteiger partial charge in [-0.2, -0.15) is 8.42 Å². The highest BCUT2D eigenvalue weighted by molar-refractivity contribution is 7.87. The van der Waals surface area contributed by atoms with Crippen LogP contribution in [0.3, 0.4) is 0 Å². The van der Waals surface area contributed by atoms with E-state index in [-0.39, 0.29) is 16.4 Å². The van der Waals surface area contributed by atoms with Gasteiger partial charge in [0, 0.05) is 11.6 Å². The first kappa shape index (κ1) is 16.3. The Morgan fingerprint density at radius 1 is 0.958 bits per heavy atom. The van der Waals surface area contributed by atoms with Crippen molar-refractivity contribution in [1.82, 2.24) is 4.98 Å². The van der Waals surface area contributed by atoms with E-state index >= 15 is 0 Å². The number of nitrogens with zero attached hydrogens (tertiary/aromatic N) is 1. The number of fused-ring (bicyclic) bond motifs is 1. The van der Waals surface area contributed by atoms with Crippen LogP contribution in [0.5, 0.6) is 11.5 Å². The molecule has 0 unspecified atom stereocenters. The second-order valence-corrected chi connectivity index (χ2v) is 6.97. The summed E-state index contributed by atoms with van der Waals surface area (Å²) in [7, 11) is -2.62. The van der Waals surface area contributed by atoms with E-state index in [1.165, 1.54) is 7.11 Å². The number of hydrogen-bond donors (Lipinski definition) is 0. The lowest BCUT2D eigenvalue weighted by molar-refractivity contribution is 0.397. The zero-order chi connectivity index (χ0) is 17.3. The van der Waals surface area contributed by atoms with E-state index in [4.69, 9.17) is 8.92 Å². The number of rotatable bonds is 4. The van der Waals surface area contributed by atoms with E-state index in [2.05, 4.69) is 4.98 Å². The highest BCUT2D eigenvalue weighted by Crippen LogP contribution is 2.31. The van der Waals surface area contributed by atoms with Gasteiger partial charge in [0.25, 0.3) is 0 Å². The highest BCUT2D eigenvalue weighted by atomic mass is 32.2. The van der Waals surface area contributed by atoms with Gasteiger partial charge in [-0.15, -0.1) is 0 Å². The number of methoxy groups -OCH3 is 1. The average Bonchev–Trinajstić information content (AvgIpc) is 2.57. The fraction of sp³-hybridized carbons (Fsp3) is 0.167. The summed E-state index contributed by atoms with van der Waals surface area (Å²) in [6, 6.07) is 12.0. The molecule has 0 radical (unpaired) electrons. The van der Waals surface area contributed by atoms with Crippen LogP contribution in [0.1, 0.15) is 11.1 Å². The van der Waals surface area contributed by atoms with Crippen LogP contribution in [0.25, 0.3) is 10.9 Å². The Bertz CT molecular complexity index is 1010. The zero-order valence-corrected chi connectivity index (χ0v) is 14.4. The number of para-hydroxylation sites is 1. The third-order valence-electron chi connectivity index (χ3n) is 3.84. The molecular formula is C18H17NO4S. The molecule has 0 N–H and O–H groups in total. The summed E-state index contributed by atoms with van der Waals surface area (Å²) >= 11 is 0. The molecule has 0 aliphatic heterocycles. The number of hydrogen-bond acceptors (Lipinski definition) is 5. The van der Waals surface area contributed by atoms with Gasteiger partial charge in [0.15, 0.2) is 5.75 Å². The molecule has 0 aliphatic carbocycles. The van der Waals surface area contributed by atoms with Crippen LogP contribution in [-0.4, -0.2) is 20.5 Å². The van der Waals surface area contributed by atoms with Gasteiger partial charge in [-0.1, -0.05) is 18.2 Å². The molecule has 3 rings (SSSR count). The minimum absolute atomic E-state index is 0.000958.